The molecular weight excluding hydrogens is 595 g/mol. The Kier molecular flexibility index (Phi) is 10.9. The zero-order valence-electron chi connectivity index (χ0n) is 25.3. The van der Waals surface area contributed by atoms with Crippen molar-refractivity contribution >= 4 is 29.3 Å². The van der Waals surface area contributed by atoms with Gasteiger partial charge in [-0.2, -0.15) is 0 Å². The molecule has 0 spiro atoms. The molecule has 4 aromatic rings. The summed E-state index contributed by atoms with van der Waals surface area (Å²) in [6, 6.07) is 22.3. The van der Waals surface area contributed by atoms with Gasteiger partial charge in [0.05, 0.1) is 5.69 Å². The van der Waals surface area contributed by atoms with Gasteiger partial charge >= 0.3 is 0 Å². The lowest BCUT2D eigenvalue weighted by Crippen LogP contribution is -2.41. The number of aryl methyl sites for hydroxylation is 1. The summed E-state index contributed by atoms with van der Waals surface area (Å²) in [5.41, 5.74) is 5.51. The molecule has 1 aromatic heterocycles. The van der Waals surface area contributed by atoms with E-state index in [2.05, 4.69) is 43.0 Å². The zero-order chi connectivity index (χ0) is 31.1. The zero-order valence-corrected chi connectivity index (χ0v) is 26.8. The highest BCUT2D eigenvalue weighted by atomic mass is 35.5. The number of carbonyl (C=O) groups is 1. The first-order valence-corrected chi connectivity index (χ1v) is 16.6. The van der Waals surface area contributed by atoms with Crippen molar-refractivity contribution in [2.24, 2.45) is 0 Å². The average Bonchev–Trinajstić information content (AvgIpc) is 3.52. The van der Waals surface area contributed by atoms with Crippen molar-refractivity contribution in [1.82, 2.24) is 19.4 Å². The highest BCUT2D eigenvalue weighted by molar-refractivity contribution is 7.98. The van der Waals surface area contributed by atoms with Gasteiger partial charge in [0.25, 0.3) is 5.56 Å². The van der Waals surface area contributed by atoms with E-state index in [9.17, 15) is 14.0 Å². The molecule has 6 nitrogen and oxygen atoms in total. The largest absolute Gasteiger partial charge is 0.336 e. The van der Waals surface area contributed by atoms with Crippen molar-refractivity contribution in [2.75, 3.05) is 26.2 Å². The van der Waals surface area contributed by atoms with Gasteiger partial charge in [-0.15, -0.1) is 0 Å². The highest BCUT2D eigenvalue weighted by Crippen LogP contribution is 2.26. The molecule has 3 aromatic carbocycles. The molecule has 0 saturated carbocycles. The van der Waals surface area contributed by atoms with Gasteiger partial charge in [0.15, 0.2) is 5.16 Å². The number of thioether (sulfide) groups is 1. The maximum Gasteiger partial charge on any atom is 0.258 e. The summed E-state index contributed by atoms with van der Waals surface area (Å²) in [7, 11) is 0. The minimum Gasteiger partial charge on any atom is -0.336 e. The second-order valence-electron chi connectivity index (χ2n) is 11.0. The fourth-order valence-electron chi connectivity index (χ4n) is 5.48. The van der Waals surface area contributed by atoms with Crippen LogP contribution in [-0.2, 0) is 36.5 Å². The number of likely N-dealkylation sites (N-methyl/N-ethyl adjacent to an activating group) is 1. The molecule has 1 amide bonds. The minimum atomic E-state index is -0.290. The Labute approximate surface area is 267 Å². The van der Waals surface area contributed by atoms with E-state index < -0.39 is 0 Å². The normalized spacial score (nSPS) is 12.5. The molecule has 0 bridgehead atoms. The Morgan fingerprint density at radius 3 is 2.20 bits per heavy atom. The molecule has 0 aliphatic heterocycles. The molecule has 0 unspecified atom stereocenters. The molecular formula is C35H38ClFN4O2S. The monoisotopic (exact) mass is 632 g/mol. The second kappa shape index (κ2) is 15.0. The average molecular weight is 633 g/mol. The number of rotatable bonds is 13. The van der Waals surface area contributed by atoms with Crippen LogP contribution in [0.4, 0.5) is 4.39 Å². The lowest BCUT2D eigenvalue weighted by atomic mass is 10.0. The number of nitrogens with zero attached hydrogens (tertiary/aromatic N) is 4. The first kappa shape index (κ1) is 31.9. The van der Waals surface area contributed by atoms with Gasteiger partial charge in [0.2, 0.25) is 5.91 Å². The smallest absolute Gasteiger partial charge is 0.258 e. The second-order valence-corrected chi connectivity index (χ2v) is 12.4. The predicted octanol–water partition coefficient (Wildman–Crippen LogP) is 6.85. The Hall–Kier alpha value is -3.46. The highest BCUT2D eigenvalue weighted by Gasteiger charge is 2.24. The van der Waals surface area contributed by atoms with Crippen LogP contribution < -0.4 is 5.56 Å². The van der Waals surface area contributed by atoms with E-state index in [4.69, 9.17) is 16.6 Å². The van der Waals surface area contributed by atoms with Crippen LogP contribution in [-0.4, -0.2) is 51.4 Å². The van der Waals surface area contributed by atoms with Crippen LogP contribution in [0.2, 0.25) is 5.02 Å². The lowest BCUT2D eigenvalue weighted by molar-refractivity contribution is -0.133. The Morgan fingerprint density at radius 1 is 0.909 bits per heavy atom. The third kappa shape index (κ3) is 7.97. The summed E-state index contributed by atoms with van der Waals surface area (Å²) >= 11 is 7.47. The van der Waals surface area contributed by atoms with Crippen LogP contribution in [0, 0.1) is 5.82 Å². The molecule has 0 atom stereocenters. The number of aromatic nitrogens is 2. The van der Waals surface area contributed by atoms with E-state index >= 15 is 0 Å². The van der Waals surface area contributed by atoms with E-state index in [1.165, 1.54) is 23.9 Å². The van der Waals surface area contributed by atoms with Gasteiger partial charge in [-0.3, -0.25) is 14.2 Å². The molecule has 1 aliphatic rings. The quantitative estimate of drug-likeness (QED) is 0.119. The lowest BCUT2D eigenvalue weighted by Gasteiger charge is -2.27. The van der Waals surface area contributed by atoms with Crippen LogP contribution in [0.15, 0.2) is 82.7 Å². The molecule has 0 N–H and O–H groups in total. The number of hydrogen-bond acceptors (Lipinski definition) is 5. The summed E-state index contributed by atoms with van der Waals surface area (Å²) in [6.45, 7) is 7.67. The van der Waals surface area contributed by atoms with Crippen molar-refractivity contribution in [3.8, 4) is 11.1 Å². The van der Waals surface area contributed by atoms with Crippen molar-refractivity contribution in [2.45, 2.75) is 57.1 Å². The Bertz CT molecular complexity index is 1620. The molecule has 0 radical (unpaired) electrons. The van der Waals surface area contributed by atoms with Crippen LogP contribution in [0.1, 0.15) is 42.7 Å². The molecule has 5 rings (SSSR count). The summed E-state index contributed by atoms with van der Waals surface area (Å²) in [5.74, 6) is 0.108. The van der Waals surface area contributed by atoms with Crippen LogP contribution >= 0.6 is 23.4 Å². The summed E-state index contributed by atoms with van der Waals surface area (Å²) in [5, 5.41) is 1.23. The van der Waals surface area contributed by atoms with Crippen molar-refractivity contribution in [3.05, 3.63) is 116 Å². The van der Waals surface area contributed by atoms with E-state index in [-0.39, 0.29) is 23.8 Å². The van der Waals surface area contributed by atoms with Crippen molar-refractivity contribution in [1.29, 1.82) is 0 Å². The Morgan fingerprint density at radius 2 is 1.55 bits per heavy atom. The minimum absolute atomic E-state index is 0.0774. The van der Waals surface area contributed by atoms with Gasteiger partial charge in [0.1, 0.15) is 12.4 Å². The number of carbonyl (C=O) groups excluding carboxylic acids is 1. The maximum absolute atomic E-state index is 14.0. The predicted molar refractivity (Wildman–Crippen MR) is 177 cm³/mol. The molecule has 1 aliphatic carbocycles. The van der Waals surface area contributed by atoms with Gasteiger partial charge in [-0.25, -0.2) is 9.37 Å². The van der Waals surface area contributed by atoms with E-state index in [0.717, 1.165) is 66.0 Å². The fourth-order valence-corrected chi connectivity index (χ4v) is 6.57. The molecule has 0 fully saturated rings. The number of amides is 1. The summed E-state index contributed by atoms with van der Waals surface area (Å²) in [4.78, 5) is 36.7. The first-order valence-electron chi connectivity index (χ1n) is 15.2. The topological polar surface area (TPSA) is 58.4 Å². The Balaban J connectivity index is 1.38. The van der Waals surface area contributed by atoms with Crippen molar-refractivity contribution in [3.63, 3.8) is 0 Å². The molecule has 230 valence electrons. The third-order valence-electron chi connectivity index (χ3n) is 8.17. The number of fused-ring (bicyclic) bond motifs is 1. The van der Waals surface area contributed by atoms with Gasteiger partial charge in [-0.05, 0) is 78.9 Å². The summed E-state index contributed by atoms with van der Waals surface area (Å²) in [6.07, 6.45) is 2.34. The fraction of sp³-hybridized carbons (Fsp3) is 0.343. The molecule has 0 saturated heterocycles. The molecule has 1 heterocycles. The van der Waals surface area contributed by atoms with Crippen LogP contribution in [0.25, 0.3) is 11.1 Å². The van der Waals surface area contributed by atoms with E-state index in [0.29, 0.717) is 35.4 Å². The van der Waals surface area contributed by atoms with E-state index in [1.54, 1.807) is 16.7 Å². The summed E-state index contributed by atoms with van der Waals surface area (Å²) < 4.78 is 15.0. The van der Waals surface area contributed by atoms with Crippen molar-refractivity contribution < 1.29 is 9.18 Å². The molecule has 44 heavy (non-hydrogen) atoms. The number of hydrogen-bond donors (Lipinski definition) is 0. The van der Waals surface area contributed by atoms with E-state index in [1.807, 2.05) is 29.2 Å². The van der Waals surface area contributed by atoms with Gasteiger partial charge in [-0.1, -0.05) is 85.7 Å². The van der Waals surface area contributed by atoms with Crippen LogP contribution in [0.3, 0.4) is 0 Å². The number of halogens is 2. The molecule has 9 heteroatoms. The van der Waals surface area contributed by atoms with Crippen LogP contribution in [0.5, 0.6) is 0 Å². The SMILES string of the molecule is CCN(CC)CCN(Cc1ccc(-c2ccc(Cl)cc2)cc1)C(=O)Cn1c(SCc2ccc(F)cc2)nc2c(c1=O)CCC2. The third-order valence-corrected chi connectivity index (χ3v) is 9.47. The first-order chi connectivity index (χ1) is 21.3. The number of benzene rings is 3. The maximum atomic E-state index is 14.0. The van der Waals surface area contributed by atoms with Gasteiger partial charge in [0, 0.05) is 36.0 Å². The standard InChI is InChI=1S/C35H38ClFN4O2S/c1-3-39(4-2)20-21-40(22-25-8-12-27(13-9-25)28-14-16-29(36)17-15-28)33(42)23-41-34(43)31-6-5-7-32(31)38-35(41)44-24-26-10-18-30(37)19-11-26/h8-19H,3-7,20-24H2,1-2H3. The van der Waals surface area contributed by atoms with Gasteiger partial charge < -0.3 is 9.80 Å².